The smallest absolute Gasteiger partial charge is 0.341 e. The van der Waals surface area contributed by atoms with Gasteiger partial charge in [-0.2, -0.15) is 0 Å². The zero-order valence-electron chi connectivity index (χ0n) is 29.2. The molecule has 2 heterocycles. The highest BCUT2D eigenvalue weighted by Gasteiger charge is 2.25. The minimum atomic E-state index is -0.796. The number of hydroxylamine groups is 1. The number of hydrogen-bond acceptors (Lipinski definition) is 7. The summed E-state index contributed by atoms with van der Waals surface area (Å²) in [5.74, 6) is 0.184. The summed E-state index contributed by atoms with van der Waals surface area (Å²) >= 11 is 0. The molecule has 1 aromatic heterocycles. The number of nitrogens with zero attached hydrogens (tertiary/aromatic N) is 2. The molecule has 0 aliphatic carbocycles. The summed E-state index contributed by atoms with van der Waals surface area (Å²) in [6, 6.07) is 34.7. The van der Waals surface area contributed by atoms with Crippen LogP contribution in [0.25, 0.3) is 45.7 Å². The second kappa shape index (κ2) is 16.7. The van der Waals surface area contributed by atoms with Crippen LogP contribution < -0.4 is 15.7 Å². The van der Waals surface area contributed by atoms with Crippen molar-refractivity contribution in [1.82, 2.24) is 20.8 Å². The second-order valence-electron chi connectivity index (χ2n) is 12.2. The van der Waals surface area contributed by atoms with E-state index >= 15 is 0 Å². The predicted octanol–water partition coefficient (Wildman–Crippen LogP) is 7.44. The number of carbonyl (C=O) groups is 2. The summed E-state index contributed by atoms with van der Waals surface area (Å²) in [7, 11) is 1.33. The highest BCUT2D eigenvalue weighted by Crippen LogP contribution is 2.34. The molecule has 1 aliphatic heterocycles. The van der Waals surface area contributed by atoms with E-state index < -0.39 is 12.1 Å². The van der Waals surface area contributed by atoms with E-state index in [0.29, 0.717) is 12.2 Å². The van der Waals surface area contributed by atoms with Crippen LogP contribution >= 0.6 is 0 Å². The molecule has 0 bridgehead atoms. The lowest BCUT2D eigenvalue weighted by Gasteiger charge is -2.20. The number of carbonyl (C=O) groups excluding carboxylic acids is 2. The van der Waals surface area contributed by atoms with Crippen LogP contribution in [0, 0.1) is 0 Å². The van der Waals surface area contributed by atoms with E-state index in [0.717, 1.165) is 71.0 Å². The topological polar surface area (TPSA) is 109 Å². The van der Waals surface area contributed by atoms with Gasteiger partial charge in [-0.25, -0.2) is 9.78 Å². The number of aromatic nitrogens is 2. The molecule has 0 fully saturated rings. The van der Waals surface area contributed by atoms with Crippen LogP contribution in [0.1, 0.15) is 37.0 Å². The molecule has 9 nitrogen and oxygen atoms in total. The van der Waals surface area contributed by atoms with Crippen molar-refractivity contribution in [2.45, 2.75) is 32.8 Å². The van der Waals surface area contributed by atoms with Gasteiger partial charge in [0.25, 0.3) is 0 Å². The van der Waals surface area contributed by atoms with E-state index in [1.165, 1.54) is 18.4 Å². The Bertz CT molecular complexity index is 1980. The number of anilines is 1. The lowest BCUT2D eigenvalue weighted by Crippen LogP contribution is -2.22. The molecule has 0 spiro atoms. The number of aryl methyl sites for hydroxylation is 1. The molecule has 1 aliphatic rings. The molecule has 1 unspecified atom stereocenters. The normalized spacial score (nSPS) is 13.9. The number of aromatic amines is 1. The first-order chi connectivity index (χ1) is 24.9. The number of imidazole rings is 1. The van der Waals surface area contributed by atoms with E-state index in [2.05, 4.69) is 70.9 Å². The molecular formula is C42H43N5O4. The lowest BCUT2D eigenvalue weighted by atomic mass is 10.0. The van der Waals surface area contributed by atoms with Crippen LogP contribution in [0.3, 0.4) is 0 Å². The third kappa shape index (κ3) is 8.63. The zero-order chi connectivity index (χ0) is 35.6. The van der Waals surface area contributed by atoms with Gasteiger partial charge >= 0.3 is 5.97 Å². The van der Waals surface area contributed by atoms with E-state index in [1.54, 1.807) is 12.2 Å². The highest BCUT2D eigenvalue weighted by molar-refractivity contribution is 5.92. The maximum absolute atomic E-state index is 12.5. The monoisotopic (exact) mass is 681 g/mol. The number of ether oxygens (including phenoxy) is 1. The molecule has 5 aromatic rings. The van der Waals surface area contributed by atoms with Crippen LogP contribution in [0.15, 0.2) is 115 Å². The second-order valence-corrected chi connectivity index (χ2v) is 12.2. The molecule has 260 valence electrons. The van der Waals surface area contributed by atoms with Gasteiger partial charge in [0.05, 0.1) is 24.2 Å². The Labute approximate surface area is 299 Å². The third-order valence-corrected chi connectivity index (χ3v) is 8.90. The first kappa shape index (κ1) is 34.9. The van der Waals surface area contributed by atoms with E-state index in [9.17, 15) is 9.59 Å². The molecule has 0 saturated heterocycles. The van der Waals surface area contributed by atoms with Crippen LogP contribution in [0.2, 0.25) is 0 Å². The van der Waals surface area contributed by atoms with Crippen LogP contribution in [0.5, 0.6) is 0 Å². The van der Waals surface area contributed by atoms with Crippen molar-refractivity contribution in [1.29, 1.82) is 0 Å². The Morgan fingerprint density at radius 1 is 0.863 bits per heavy atom. The van der Waals surface area contributed by atoms with Gasteiger partial charge in [0, 0.05) is 48.1 Å². The number of esters is 1. The largest absolute Gasteiger partial charge is 0.467 e. The maximum atomic E-state index is 12.5. The van der Waals surface area contributed by atoms with Crippen LogP contribution in [0.4, 0.5) is 5.69 Å². The molecule has 9 heteroatoms. The molecule has 0 saturated carbocycles. The first-order valence-corrected chi connectivity index (χ1v) is 17.3. The van der Waals surface area contributed by atoms with Gasteiger partial charge in [-0.05, 0) is 79.8 Å². The average Bonchev–Trinajstić information content (AvgIpc) is 3.86. The fourth-order valence-corrected chi connectivity index (χ4v) is 6.03. The predicted molar refractivity (Wildman–Crippen MR) is 203 cm³/mol. The molecule has 3 N–H and O–H groups in total. The van der Waals surface area contributed by atoms with Gasteiger partial charge in [0.2, 0.25) is 12.0 Å². The number of benzene rings is 4. The molecule has 1 atom stereocenters. The number of hydrogen-bond donors (Lipinski definition) is 3. The van der Waals surface area contributed by atoms with Gasteiger partial charge in [-0.1, -0.05) is 78.9 Å². The van der Waals surface area contributed by atoms with Crippen LogP contribution in [-0.4, -0.2) is 54.7 Å². The van der Waals surface area contributed by atoms with E-state index in [-0.39, 0.29) is 5.91 Å². The van der Waals surface area contributed by atoms with Crippen molar-refractivity contribution in [3.63, 3.8) is 0 Å². The Morgan fingerprint density at radius 3 is 2.22 bits per heavy atom. The number of methoxy groups -OCH3 is 1. The zero-order valence-corrected chi connectivity index (χ0v) is 29.2. The van der Waals surface area contributed by atoms with Crippen molar-refractivity contribution < 1.29 is 19.2 Å². The Kier molecular flexibility index (Phi) is 11.4. The minimum Gasteiger partial charge on any atom is -0.467 e. The quantitative estimate of drug-likeness (QED) is 0.0636. The lowest BCUT2D eigenvalue weighted by molar-refractivity contribution is -0.152. The van der Waals surface area contributed by atoms with Gasteiger partial charge in [0.15, 0.2) is 0 Å². The fraction of sp³-hybridized carbons (Fsp3) is 0.214. The van der Waals surface area contributed by atoms with Crippen molar-refractivity contribution in [3.05, 3.63) is 132 Å². The molecule has 4 aromatic carbocycles. The summed E-state index contributed by atoms with van der Waals surface area (Å²) < 4.78 is 4.80. The number of rotatable bonds is 14. The van der Waals surface area contributed by atoms with Gasteiger partial charge in [0.1, 0.15) is 5.82 Å². The summed E-state index contributed by atoms with van der Waals surface area (Å²) in [5.41, 5.74) is 12.3. The molecular weight excluding hydrogens is 638 g/mol. The van der Waals surface area contributed by atoms with E-state index in [4.69, 9.17) is 14.6 Å². The third-order valence-electron chi connectivity index (χ3n) is 8.90. The van der Waals surface area contributed by atoms with Gasteiger partial charge in [-0.3, -0.25) is 15.1 Å². The van der Waals surface area contributed by atoms with Gasteiger partial charge < -0.3 is 19.9 Å². The standard InChI is InChI=1S/C42H43N5O4/c1-4-47(5-2)35-24-22-34(23-25-35)41-44-39(40(45-41)33-20-18-31(19-21-33)36-28-37(51-46-36)42(49)50-3)32-16-13-30(14-17-32)15-26-38(48)43-27-9-12-29-10-7-6-8-11-29/h6-8,10-11,13-26,28,37,46H,4-5,9,12,27H2,1-3H3,(H,43,48)(H,44,45). The number of nitrogens with one attached hydrogen (secondary N) is 3. The average molecular weight is 682 g/mol. The first-order valence-electron chi connectivity index (χ1n) is 17.3. The Morgan fingerprint density at radius 2 is 1.53 bits per heavy atom. The fourth-order valence-electron chi connectivity index (χ4n) is 6.03. The van der Waals surface area contributed by atoms with Crippen LogP contribution in [-0.2, 0) is 25.6 Å². The Hall–Kier alpha value is -5.93. The molecule has 51 heavy (non-hydrogen) atoms. The van der Waals surface area contributed by atoms with Crippen molar-refractivity contribution in [3.8, 4) is 33.9 Å². The SMILES string of the molecule is CCN(CC)c1ccc(-c2nc(-c3ccc(C4=CC(C(=O)OC)ON4)cc3)c(-c3ccc(C=CC(=O)NCCCc4ccccc4)cc3)[nH]2)cc1. The summed E-state index contributed by atoms with van der Waals surface area (Å²) in [6.07, 6.45) is 6.12. The highest BCUT2D eigenvalue weighted by atomic mass is 16.7. The van der Waals surface area contributed by atoms with E-state index in [1.807, 2.05) is 72.8 Å². The number of H-pyrrole nitrogens is 1. The van der Waals surface area contributed by atoms with Crippen molar-refractivity contribution in [2.24, 2.45) is 0 Å². The minimum absolute atomic E-state index is 0.112. The van der Waals surface area contributed by atoms with Crippen molar-refractivity contribution >= 4 is 29.3 Å². The molecule has 1 amide bonds. The Balaban J connectivity index is 1.21. The number of amides is 1. The maximum Gasteiger partial charge on any atom is 0.341 e. The summed E-state index contributed by atoms with van der Waals surface area (Å²) in [6.45, 7) is 6.81. The summed E-state index contributed by atoms with van der Waals surface area (Å²) in [4.78, 5) is 40.7. The molecule has 0 radical (unpaired) electrons. The van der Waals surface area contributed by atoms with Crippen molar-refractivity contribution in [2.75, 3.05) is 31.6 Å². The van der Waals surface area contributed by atoms with Gasteiger partial charge in [-0.15, -0.1) is 0 Å². The summed E-state index contributed by atoms with van der Waals surface area (Å²) in [5, 5.41) is 2.98. The molecule has 6 rings (SSSR count).